The zero-order valence-electron chi connectivity index (χ0n) is 15.0. The lowest BCUT2D eigenvalue weighted by Gasteiger charge is -2.34. The van der Waals surface area contributed by atoms with E-state index in [1.165, 1.54) is 6.92 Å². The number of amides is 1. The van der Waals surface area contributed by atoms with E-state index in [9.17, 15) is 9.18 Å². The first kappa shape index (κ1) is 17.4. The van der Waals surface area contributed by atoms with Crippen molar-refractivity contribution in [3.63, 3.8) is 0 Å². The van der Waals surface area contributed by atoms with Crippen LogP contribution in [0.3, 0.4) is 0 Å². The van der Waals surface area contributed by atoms with Gasteiger partial charge in [-0.2, -0.15) is 5.10 Å². The van der Waals surface area contributed by atoms with Gasteiger partial charge >= 0.3 is 7.12 Å². The first-order valence-electron chi connectivity index (χ1n) is 8.40. The fraction of sp³-hybridized carbons (Fsp3) is 0.750. The predicted molar refractivity (Wildman–Crippen MR) is 88.7 cm³/mol. The van der Waals surface area contributed by atoms with E-state index >= 15 is 0 Å². The summed E-state index contributed by atoms with van der Waals surface area (Å²) in [4.78, 5) is 12.9. The van der Waals surface area contributed by atoms with Gasteiger partial charge in [0.2, 0.25) is 5.91 Å². The maximum absolute atomic E-state index is 14.5. The molecule has 8 heteroatoms. The lowest BCUT2D eigenvalue weighted by molar-refractivity contribution is -0.131. The van der Waals surface area contributed by atoms with Crippen LogP contribution < -0.4 is 5.46 Å². The smallest absolute Gasteiger partial charge is 0.399 e. The van der Waals surface area contributed by atoms with E-state index in [0.29, 0.717) is 13.0 Å². The monoisotopic (exact) mass is 337 g/mol. The highest BCUT2D eigenvalue weighted by atomic mass is 19.1. The highest BCUT2D eigenvalue weighted by molar-refractivity contribution is 6.62. The molecule has 3 rings (SSSR count). The molecule has 2 fully saturated rings. The molecule has 2 unspecified atom stereocenters. The Bertz CT molecular complexity index is 618. The summed E-state index contributed by atoms with van der Waals surface area (Å²) in [5.74, 6) is -0.0885. The van der Waals surface area contributed by atoms with Gasteiger partial charge in [0.15, 0.2) is 0 Å². The van der Waals surface area contributed by atoms with Crippen LogP contribution in [0.4, 0.5) is 4.39 Å². The number of hydrogen-bond donors (Lipinski definition) is 0. The van der Waals surface area contributed by atoms with Gasteiger partial charge < -0.3 is 14.2 Å². The van der Waals surface area contributed by atoms with Crippen LogP contribution in [0.2, 0.25) is 0 Å². The molecule has 1 aromatic heterocycles. The van der Waals surface area contributed by atoms with Crippen molar-refractivity contribution in [2.24, 2.45) is 0 Å². The molecule has 1 aromatic rings. The Balaban J connectivity index is 1.72. The van der Waals surface area contributed by atoms with Crippen LogP contribution in [0.1, 0.15) is 47.1 Å². The number of likely N-dealkylation sites (tertiary alicyclic amines) is 1. The van der Waals surface area contributed by atoms with Gasteiger partial charge in [-0.25, -0.2) is 4.39 Å². The zero-order valence-corrected chi connectivity index (χ0v) is 15.0. The lowest BCUT2D eigenvalue weighted by atomic mass is 9.82. The lowest BCUT2D eigenvalue weighted by Crippen LogP contribution is -2.45. The molecule has 0 aliphatic carbocycles. The largest absolute Gasteiger partial charge is 0.498 e. The number of carbonyl (C=O) groups excluding carboxylic acids is 1. The van der Waals surface area contributed by atoms with Crippen LogP contribution in [-0.4, -0.2) is 58.2 Å². The Labute approximate surface area is 142 Å². The molecule has 0 N–H and O–H groups in total. The highest BCUT2D eigenvalue weighted by Crippen LogP contribution is 2.36. The molecule has 24 heavy (non-hydrogen) atoms. The molecule has 2 atom stereocenters. The first-order chi connectivity index (χ1) is 11.1. The molecular formula is C16H25BFN3O3. The SMILES string of the molecule is CC(=O)N1CCC(n2cc(B3OC(C)(C)C(C)(C)O3)cn2)C(F)C1. The molecule has 0 spiro atoms. The molecule has 1 amide bonds. The molecule has 3 heterocycles. The van der Waals surface area contributed by atoms with Crippen LogP contribution >= 0.6 is 0 Å². The van der Waals surface area contributed by atoms with Crippen LogP contribution in [0, 0.1) is 0 Å². The Morgan fingerprint density at radius 2 is 1.96 bits per heavy atom. The minimum absolute atomic E-state index is 0.0885. The van der Waals surface area contributed by atoms with Crippen LogP contribution in [0.25, 0.3) is 0 Å². The van der Waals surface area contributed by atoms with E-state index in [-0.39, 0.29) is 18.5 Å². The summed E-state index contributed by atoms with van der Waals surface area (Å²) < 4.78 is 28.1. The van der Waals surface area contributed by atoms with Gasteiger partial charge in [-0.1, -0.05) is 0 Å². The Morgan fingerprint density at radius 3 is 2.50 bits per heavy atom. The van der Waals surface area contributed by atoms with Gasteiger partial charge in [-0.05, 0) is 34.1 Å². The minimum atomic E-state index is -1.13. The first-order valence-corrected chi connectivity index (χ1v) is 8.40. The Hall–Kier alpha value is -1.41. The zero-order chi connectivity index (χ0) is 17.7. The summed E-state index contributed by atoms with van der Waals surface area (Å²) in [6.45, 7) is 10.1. The van der Waals surface area contributed by atoms with E-state index < -0.39 is 24.5 Å². The molecule has 2 aliphatic rings. The van der Waals surface area contributed by atoms with E-state index in [1.807, 2.05) is 27.7 Å². The number of aromatic nitrogens is 2. The number of halogens is 1. The second kappa shape index (κ2) is 5.84. The number of alkyl halides is 1. The van der Waals surface area contributed by atoms with E-state index in [0.717, 1.165) is 5.46 Å². The summed E-state index contributed by atoms with van der Waals surface area (Å²) in [5.41, 5.74) is -0.0559. The van der Waals surface area contributed by atoms with Crippen molar-refractivity contribution < 1.29 is 18.5 Å². The Morgan fingerprint density at radius 1 is 1.33 bits per heavy atom. The van der Waals surface area contributed by atoms with E-state index in [2.05, 4.69) is 5.10 Å². The second-order valence-corrected chi connectivity index (χ2v) is 7.68. The normalized spacial score (nSPS) is 29.1. The molecule has 0 bridgehead atoms. The topological polar surface area (TPSA) is 56.6 Å². The third-order valence-corrected chi connectivity index (χ3v) is 5.44. The molecule has 0 radical (unpaired) electrons. The van der Waals surface area contributed by atoms with Crippen molar-refractivity contribution >= 4 is 18.5 Å². The fourth-order valence-corrected chi connectivity index (χ4v) is 3.11. The van der Waals surface area contributed by atoms with Crippen molar-refractivity contribution in [2.75, 3.05) is 13.1 Å². The van der Waals surface area contributed by atoms with E-state index in [4.69, 9.17) is 9.31 Å². The molecule has 0 aromatic carbocycles. The maximum atomic E-state index is 14.5. The molecule has 2 saturated heterocycles. The van der Waals surface area contributed by atoms with Gasteiger partial charge in [0.05, 0.1) is 23.8 Å². The van der Waals surface area contributed by atoms with Crippen molar-refractivity contribution in [3.8, 4) is 0 Å². The number of nitrogens with zero attached hydrogens (tertiary/aromatic N) is 3. The second-order valence-electron chi connectivity index (χ2n) is 7.68. The van der Waals surface area contributed by atoms with Crippen LogP contribution in [0.5, 0.6) is 0 Å². The number of hydrogen-bond acceptors (Lipinski definition) is 4. The molecule has 6 nitrogen and oxygen atoms in total. The van der Waals surface area contributed by atoms with Gasteiger partial charge in [0.1, 0.15) is 6.17 Å². The number of carbonyl (C=O) groups is 1. The van der Waals surface area contributed by atoms with Crippen molar-refractivity contribution in [2.45, 2.75) is 64.5 Å². The highest BCUT2D eigenvalue weighted by Gasteiger charge is 2.52. The number of rotatable bonds is 2. The summed E-state index contributed by atoms with van der Waals surface area (Å²) in [6.07, 6.45) is 2.88. The summed E-state index contributed by atoms with van der Waals surface area (Å²) in [5, 5.41) is 4.31. The third kappa shape index (κ3) is 2.97. The fourth-order valence-electron chi connectivity index (χ4n) is 3.11. The van der Waals surface area contributed by atoms with Gasteiger partial charge in [0, 0.05) is 31.3 Å². The molecule has 0 saturated carbocycles. The average Bonchev–Trinajstić information content (AvgIpc) is 3.02. The van der Waals surface area contributed by atoms with Gasteiger partial charge in [0.25, 0.3) is 0 Å². The van der Waals surface area contributed by atoms with Crippen LogP contribution in [-0.2, 0) is 14.1 Å². The standard InChI is InChI=1S/C16H25BFN3O3/c1-11(22)20-7-6-14(13(18)10-20)21-9-12(8-19-21)17-23-15(2,3)16(4,5)24-17/h8-9,13-14H,6-7,10H2,1-5H3. The predicted octanol–water partition coefficient (Wildman–Crippen LogP) is 1.31. The minimum Gasteiger partial charge on any atom is -0.399 e. The summed E-state index contributed by atoms with van der Waals surface area (Å²) in [7, 11) is -0.501. The van der Waals surface area contributed by atoms with Gasteiger partial charge in [-0.3, -0.25) is 9.48 Å². The Kier molecular flexibility index (Phi) is 4.24. The summed E-state index contributed by atoms with van der Waals surface area (Å²) in [6, 6.07) is -0.364. The average molecular weight is 337 g/mol. The van der Waals surface area contributed by atoms with Gasteiger partial charge in [-0.15, -0.1) is 0 Å². The molecular weight excluding hydrogens is 312 g/mol. The van der Waals surface area contributed by atoms with Crippen molar-refractivity contribution in [1.82, 2.24) is 14.7 Å². The quantitative estimate of drug-likeness (QED) is 0.764. The van der Waals surface area contributed by atoms with E-state index in [1.54, 1.807) is 22.0 Å². The van der Waals surface area contributed by atoms with Crippen molar-refractivity contribution in [1.29, 1.82) is 0 Å². The molecule has 2 aliphatic heterocycles. The van der Waals surface area contributed by atoms with Crippen molar-refractivity contribution in [3.05, 3.63) is 12.4 Å². The summed E-state index contributed by atoms with van der Waals surface area (Å²) >= 11 is 0. The maximum Gasteiger partial charge on any atom is 0.498 e. The van der Waals surface area contributed by atoms with Crippen LogP contribution in [0.15, 0.2) is 12.4 Å². The third-order valence-electron chi connectivity index (χ3n) is 5.44. The molecule has 132 valence electrons. The number of piperidine rings is 1.